The van der Waals surface area contributed by atoms with Gasteiger partial charge in [-0.3, -0.25) is 4.79 Å². The molecular formula is C35H43F4N3O7. The Kier molecular flexibility index (Phi) is 12.6. The SMILES string of the molecule is COC.COc1cc(C(=O)NCC(O)(c2cc(C(C)NC(=O)OC(C)(C)C)cc(-c3ccc(F)c(C)c3)n2)C(F)(F)F)ccc1OC1CC1. The number of aliphatic hydroxyl groups is 1. The van der Waals surface area contributed by atoms with Crippen LogP contribution in [0.3, 0.4) is 0 Å². The Morgan fingerprint density at radius 2 is 1.65 bits per heavy atom. The highest BCUT2D eigenvalue weighted by molar-refractivity contribution is 5.95. The minimum absolute atomic E-state index is 0.0242. The smallest absolute Gasteiger partial charge is 0.424 e. The molecular weight excluding hydrogens is 650 g/mol. The van der Waals surface area contributed by atoms with E-state index in [1.54, 1.807) is 35.0 Å². The van der Waals surface area contributed by atoms with Crippen LogP contribution in [-0.2, 0) is 15.1 Å². The van der Waals surface area contributed by atoms with Crippen LogP contribution >= 0.6 is 0 Å². The van der Waals surface area contributed by atoms with Crippen molar-refractivity contribution >= 4 is 12.0 Å². The first-order valence-electron chi connectivity index (χ1n) is 15.4. The lowest BCUT2D eigenvalue weighted by molar-refractivity contribution is -0.265. The number of pyridine rings is 1. The Hall–Kier alpha value is -4.43. The molecule has 1 aliphatic rings. The van der Waals surface area contributed by atoms with Gasteiger partial charge >= 0.3 is 12.3 Å². The summed E-state index contributed by atoms with van der Waals surface area (Å²) >= 11 is 0. The molecule has 2 atom stereocenters. The van der Waals surface area contributed by atoms with Crippen molar-refractivity contribution in [1.29, 1.82) is 0 Å². The molecule has 2 aromatic carbocycles. The van der Waals surface area contributed by atoms with Gasteiger partial charge in [-0.05, 0) is 107 Å². The molecule has 1 heterocycles. The number of carbonyl (C=O) groups excluding carboxylic acids is 2. The van der Waals surface area contributed by atoms with Crippen LogP contribution in [0.15, 0.2) is 48.5 Å². The van der Waals surface area contributed by atoms with E-state index < -0.39 is 53.5 Å². The Balaban J connectivity index is 0.00000209. The van der Waals surface area contributed by atoms with Gasteiger partial charge in [0.15, 0.2) is 11.5 Å². The van der Waals surface area contributed by atoms with Crippen molar-refractivity contribution in [2.45, 2.75) is 77.0 Å². The van der Waals surface area contributed by atoms with Gasteiger partial charge in [-0.2, -0.15) is 13.2 Å². The van der Waals surface area contributed by atoms with E-state index in [-0.39, 0.29) is 39.8 Å². The monoisotopic (exact) mass is 693 g/mol. The van der Waals surface area contributed by atoms with Gasteiger partial charge in [0.2, 0.25) is 5.60 Å². The number of nitrogens with zero attached hydrogens (tertiary/aromatic N) is 1. The molecule has 0 saturated heterocycles. The number of rotatable bonds is 10. The van der Waals surface area contributed by atoms with Crippen LogP contribution in [0.5, 0.6) is 11.5 Å². The third kappa shape index (κ3) is 10.5. The fourth-order valence-electron chi connectivity index (χ4n) is 4.45. The number of halogens is 4. The summed E-state index contributed by atoms with van der Waals surface area (Å²) in [4.78, 5) is 29.6. The lowest BCUT2D eigenvalue weighted by Crippen LogP contribution is -2.51. The van der Waals surface area contributed by atoms with E-state index in [1.165, 1.54) is 57.4 Å². The molecule has 3 aromatic rings. The van der Waals surface area contributed by atoms with Crippen LogP contribution in [0, 0.1) is 12.7 Å². The van der Waals surface area contributed by atoms with Crippen molar-refractivity contribution in [3.05, 3.63) is 76.7 Å². The van der Waals surface area contributed by atoms with Gasteiger partial charge in [0, 0.05) is 25.3 Å². The van der Waals surface area contributed by atoms with Crippen LogP contribution in [-0.4, -0.2) is 67.8 Å². The van der Waals surface area contributed by atoms with Gasteiger partial charge < -0.3 is 34.7 Å². The number of aromatic nitrogens is 1. The van der Waals surface area contributed by atoms with E-state index in [2.05, 4.69) is 20.4 Å². The van der Waals surface area contributed by atoms with Crippen molar-refractivity contribution in [2.24, 2.45) is 0 Å². The van der Waals surface area contributed by atoms with E-state index in [0.29, 0.717) is 5.75 Å². The topological polar surface area (TPSA) is 128 Å². The summed E-state index contributed by atoms with van der Waals surface area (Å²) in [5, 5.41) is 16.0. The summed E-state index contributed by atoms with van der Waals surface area (Å²) < 4.78 is 78.7. The minimum Gasteiger partial charge on any atom is -0.493 e. The van der Waals surface area contributed by atoms with Crippen LogP contribution in [0.2, 0.25) is 0 Å². The van der Waals surface area contributed by atoms with Crippen molar-refractivity contribution in [1.82, 2.24) is 15.6 Å². The number of methoxy groups -OCH3 is 2. The molecule has 268 valence electrons. The first-order chi connectivity index (χ1) is 22.8. The second kappa shape index (κ2) is 15.9. The number of benzene rings is 2. The predicted octanol–water partition coefficient (Wildman–Crippen LogP) is 6.77. The van der Waals surface area contributed by atoms with Crippen LogP contribution < -0.4 is 20.1 Å². The van der Waals surface area contributed by atoms with Crippen LogP contribution in [0.25, 0.3) is 11.3 Å². The molecule has 10 nitrogen and oxygen atoms in total. The van der Waals surface area contributed by atoms with Gasteiger partial charge in [-0.1, -0.05) is 0 Å². The highest BCUT2D eigenvalue weighted by Gasteiger charge is 2.56. The summed E-state index contributed by atoms with van der Waals surface area (Å²) in [6, 6.07) is 9.58. The molecule has 2 unspecified atom stereocenters. The zero-order valence-electron chi connectivity index (χ0n) is 28.8. The third-order valence-corrected chi connectivity index (χ3v) is 7.18. The van der Waals surface area contributed by atoms with E-state index in [1.807, 2.05) is 0 Å². The molecule has 3 N–H and O–H groups in total. The zero-order valence-corrected chi connectivity index (χ0v) is 28.8. The standard InChI is InChI=1S/C33H37F4N3O6.C2H6O/c1-18-13-20(7-11-24(18)34)25-14-22(19(2)39-30(42)46-31(3,4)5)16-28(40-25)32(43,33(35,36)37)17-38-29(41)21-8-12-26(27(15-21)44-6)45-23-9-10-23;1-3-2/h7-8,11-16,19,23,43H,9-10,17H2,1-6H3,(H,38,41)(H,39,42);1-2H3. The third-order valence-electron chi connectivity index (χ3n) is 7.18. The maximum atomic E-state index is 14.7. The number of hydrogen-bond acceptors (Lipinski definition) is 8. The Bertz CT molecular complexity index is 1620. The Labute approximate surface area is 283 Å². The van der Waals surface area contributed by atoms with Gasteiger partial charge in [0.1, 0.15) is 11.4 Å². The quantitative estimate of drug-likeness (QED) is 0.199. The number of hydrogen-bond donors (Lipinski definition) is 3. The van der Waals surface area contributed by atoms with Crippen LogP contribution in [0.4, 0.5) is 22.4 Å². The number of carbonyl (C=O) groups is 2. The van der Waals surface area contributed by atoms with Crippen molar-refractivity contribution in [3.8, 4) is 22.8 Å². The molecule has 1 aromatic heterocycles. The molecule has 2 amide bonds. The molecule has 4 rings (SSSR count). The highest BCUT2D eigenvalue weighted by Crippen LogP contribution is 2.40. The molecule has 0 spiro atoms. The normalized spacial score (nSPS) is 14.8. The summed E-state index contributed by atoms with van der Waals surface area (Å²) in [7, 11) is 4.62. The number of alkyl halides is 3. The summed E-state index contributed by atoms with van der Waals surface area (Å²) in [5.74, 6) is -0.819. The summed E-state index contributed by atoms with van der Waals surface area (Å²) in [5.41, 5.74) is -4.80. The first-order valence-corrected chi connectivity index (χ1v) is 15.4. The maximum Gasteiger partial charge on any atom is 0.424 e. The molecule has 1 saturated carbocycles. The molecule has 0 radical (unpaired) electrons. The minimum atomic E-state index is -5.32. The van der Waals surface area contributed by atoms with E-state index >= 15 is 0 Å². The lowest BCUT2D eigenvalue weighted by atomic mass is 9.93. The second-order valence-corrected chi connectivity index (χ2v) is 12.6. The number of ether oxygens (including phenoxy) is 4. The van der Waals surface area contributed by atoms with Gasteiger partial charge in [-0.25, -0.2) is 14.2 Å². The summed E-state index contributed by atoms with van der Waals surface area (Å²) in [6.07, 6.45) is -4.32. The number of aryl methyl sites for hydroxylation is 1. The molecule has 1 aliphatic carbocycles. The number of alkyl carbamates (subject to hydrolysis) is 1. The fourth-order valence-corrected chi connectivity index (χ4v) is 4.45. The molecule has 1 fully saturated rings. The largest absolute Gasteiger partial charge is 0.493 e. The summed E-state index contributed by atoms with van der Waals surface area (Å²) in [6.45, 7) is 6.66. The first kappa shape index (κ1) is 39.0. The molecule has 14 heteroatoms. The van der Waals surface area contributed by atoms with Gasteiger partial charge in [0.05, 0.1) is 37.2 Å². The second-order valence-electron chi connectivity index (χ2n) is 12.6. The fraction of sp³-hybridized carbons (Fsp3) is 0.457. The molecule has 0 bridgehead atoms. The molecule has 0 aliphatic heterocycles. The van der Waals surface area contributed by atoms with Crippen LogP contribution in [0.1, 0.15) is 73.8 Å². The average molecular weight is 694 g/mol. The predicted molar refractivity (Wildman–Crippen MR) is 174 cm³/mol. The van der Waals surface area contributed by atoms with Gasteiger partial charge in [-0.15, -0.1) is 0 Å². The number of amides is 2. The maximum absolute atomic E-state index is 14.7. The Morgan fingerprint density at radius 3 is 2.20 bits per heavy atom. The van der Waals surface area contributed by atoms with E-state index in [9.17, 15) is 32.3 Å². The van der Waals surface area contributed by atoms with Crippen molar-refractivity contribution < 1.29 is 51.2 Å². The zero-order chi connectivity index (χ0) is 36.7. The number of nitrogens with one attached hydrogen (secondary N) is 2. The van der Waals surface area contributed by atoms with E-state index in [4.69, 9.17) is 14.2 Å². The molecule has 49 heavy (non-hydrogen) atoms. The van der Waals surface area contributed by atoms with Crippen molar-refractivity contribution in [3.63, 3.8) is 0 Å². The van der Waals surface area contributed by atoms with Crippen molar-refractivity contribution in [2.75, 3.05) is 27.9 Å². The average Bonchev–Trinajstić information content (AvgIpc) is 3.84. The highest BCUT2D eigenvalue weighted by atomic mass is 19.4. The Morgan fingerprint density at radius 1 is 1.00 bits per heavy atom. The van der Waals surface area contributed by atoms with E-state index in [0.717, 1.165) is 25.0 Å². The lowest BCUT2D eigenvalue weighted by Gasteiger charge is -2.31. The van der Waals surface area contributed by atoms with Gasteiger partial charge in [0.25, 0.3) is 5.91 Å².